The first-order chi connectivity index (χ1) is 10.9. The Bertz CT molecular complexity index is 748. The monoisotopic (exact) mass is 334 g/mol. The summed E-state index contributed by atoms with van der Waals surface area (Å²) in [6.45, 7) is 6.83. The van der Waals surface area contributed by atoms with Gasteiger partial charge in [0.1, 0.15) is 0 Å². The third-order valence-corrected chi connectivity index (χ3v) is 5.65. The second-order valence-corrected chi connectivity index (χ2v) is 8.55. The fraction of sp³-hybridized carbons (Fsp3) is 0.500. The normalized spacial score (nSPS) is 11.8. The Hall–Kier alpha value is -1.62. The Labute approximate surface area is 139 Å². The molecule has 1 aromatic heterocycles. The summed E-state index contributed by atoms with van der Waals surface area (Å²) in [4.78, 5) is 0. The van der Waals surface area contributed by atoms with Crippen molar-refractivity contribution in [3.8, 4) is 0 Å². The first kappa shape index (κ1) is 17.7. The summed E-state index contributed by atoms with van der Waals surface area (Å²) in [5.74, 6) is 0.414. The third-order valence-electron chi connectivity index (χ3n) is 3.98. The average molecular weight is 334 g/mol. The van der Waals surface area contributed by atoms with Gasteiger partial charge in [-0.15, -0.1) is 0 Å². The van der Waals surface area contributed by atoms with Gasteiger partial charge in [-0.2, -0.15) is 5.10 Å². The summed E-state index contributed by atoms with van der Waals surface area (Å²) in [6, 6.07) is 5.99. The predicted molar refractivity (Wildman–Crippen MR) is 94.2 cm³/mol. The summed E-state index contributed by atoms with van der Waals surface area (Å²) in [7, 11) is -3.04. The van der Waals surface area contributed by atoms with Crippen molar-refractivity contribution >= 4 is 9.84 Å². The Morgan fingerprint density at radius 2 is 1.83 bits per heavy atom. The van der Waals surface area contributed by atoms with Gasteiger partial charge < -0.3 is 0 Å². The molecule has 0 amide bonds. The molecule has 0 spiro atoms. The lowest BCUT2D eigenvalue weighted by atomic mass is 10.1. The zero-order chi connectivity index (χ0) is 16.9. The highest BCUT2D eigenvalue weighted by molar-refractivity contribution is 7.90. The van der Waals surface area contributed by atoms with Crippen molar-refractivity contribution in [1.82, 2.24) is 9.78 Å². The molecule has 0 aliphatic carbocycles. The van der Waals surface area contributed by atoms with Gasteiger partial charge in [-0.1, -0.05) is 30.2 Å². The van der Waals surface area contributed by atoms with Crippen LogP contribution in [0.5, 0.6) is 0 Å². The minimum atomic E-state index is -3.04. The van der Waals surface area contributed by atoms with Crippen LogP contribution in [0.2, 0.25) is 0 Å². The van der Waals surface area contributed by atoms with Crippen LogP contribution < -0.4 is 0 Å². The summed E-state index contributed by atoms with van der Waals surface area (Å²) in [5.41, 5.74) is 4.24. The van der Waals surface area contributed by atoms with Gasteiger partial charge in [0.05, 0.1) is 17.7 Å². The highest BCUT2D eigenvalue weighted by Gasteiger charge is 2.13. The lowest BCUT2D eigenvalue weighted by molar-refractivity contribution is 0.548. The summed E-state index contributed by atoms with van der Waals surface area (Å²) >= 11 is 0. The molecule has 1 heterocycles. The Kier molecular flexibility index (Phi) is 5.99. The van der Waals surface area contributed by atoms with Gasteiger partial charge in [0.2, 0.25) is 0 Å². The van der Waals surface area contributed by atoms with Gasteiger partial charge in [0.15, 0.2) is 9.84 Å². The second-order valence-electron chi connectivity index (χ2n) is 6.36. The SMILES string of the molecule is Cc1ccc(C)c(CS(=O)(=O)CCCCCn2cc(C)cn2)c1. The third kappa shape index (κ3) is 5.82. The molecular weight excluding hydrogens is 308 g/mol. The Balaban J connectivity index is 1.76. The molecule has 0 saturated carbocycles. The van der Waals surface area contributed by atoms with Crippen molar-refractivity contribution in [3.63, 3.8) is 0 Å². The van der Waals surface area contributed by atoms with Gasteiger partial charge in [-0.25, -0.2) is 8.42 Å². The van der Waals surface area contributed by atoms with E-state index in [1.807, 2.05) is 56.0 Å². The number of aromatic nitrogens is 2. The van der Waals surface area contributed by atoms with E-state index in [1.54, 1.807) is 0 Å². The minimum Gasteiger partial charge on any atom is -0.272 e. The maximum absolute atomic E-state index is 12.3. The zero-order valence-electron chi connectivity index (χ0n) is 14.2. The van der Waals surface area contributed by atoms with Crippen molar-refractivity contribution in [2.75, 3.05) is 5.75 Å². The number of nitrogens with zero attached hydrogens (tertiary/aromatic N) is 2. The van der Waals surface area contributed by atoms with Crippen molar-refractivity contribution in [1.29, 1.82) is 0 Å². The molecule has 2 aromatic rings. The summed E-state index contributed by atoms with van der Waals surface area (Å²) < 4.78 is 26.5. The molecule has 0 atom stereocenters. The van der Waals surface area contributed by atoms with E-state index in [2.05, 4.69) is 5.10 Å². The van der Waals surface area contributed by atoms with E-state index in [0.717, 1.165) is 41.6 Å². The lowest BCUT2D eigenvalue weighted by Crippen LogP contribution is -2.11. The van der Waals surface area contributed by atoms with Crippen LogP contribution in [0.15, 0.2) is 30.6 Å². The Morgan fingerprint density at radius 3 is 2.52 bits per heavy atom. The van der Waals surface area contributed by atoms with E-state index in [0.29, 0.717) is 6.42 Å². The predicted octanol–water partition coefficient (Wildman–Crippen LogP) is 3.59. The van der Waals surface area contributed by atoms with Crippen molar-refractivity contribution < 1.29 is 8.42 Å². The number of unbranched alkanes of at least 4 members (excludes halogenated alkanes) is 2. The van der Waals surface area contributed by atoms with Gasteiger partial charge in [0, 0.05) is 12.7 Å². The van der Waals surface area contributed by atoms with Gasteiger partial charge in [-0.3, -0.25) is 4.68 Å². The van der Waals surface area contributed by atoms with E-state index in [-0.39, 0.29) is 11.5 Å². The molecule has 1 aromatic carbocycles. The molecule has 0 unspecified atom stereocenters. The van der Waals surface area contributed by atoms with Crippen molar-refractivity contribution in [2.45, 2.75) is 52.3 Å². The van der Waals surface area contributed by atoms with E-state index in [4.69, 9.17) is 0 Å². The molecular formula is C18H26N2O2S. The number of sulfone groups is 1. The highest BCUT2D eigenvalue weighted by atomic mass is 32.2. The van der Waals surface area contributed by atoms with Gasteiger partial charge in [-0.05, 0) is 50.3 Å². The van der Waals surface area contributed by atoms with Gasteiger partial charge in [0.25, 0.3) is 0 Å². The van der Waals surface area contributed by atoms with Crippen LogP contribution in [0.25, 0.3) is 0 Å². The Morgan fingerprint density at radius 1 is 1.04 bits per heavy atom. The first-order valence-corrected chi connectivity index (χ1v) is 9.93. The van der Waals surface area contributed by atoms with E-state index in [1.165, 1.54) is 0 Å². The molecule has 5 heteroatoms. The van der Waals surface area contributed by atoms with Crippen LogP contribution in [0.3, 0.4) is 0 Å². The van der Waals surface area contributed by atoms with Crippen LogP contribution in [0, 0.1) is 20.8 Å². The molecule has 0 bridgehead atoms. The standard InChI is InChI=1S/C18H26N2O2S/c1-15-7-8-17(3)18(11-15)14-23(21,22)10-6-4-5-9-20-13-16(2)12-19-20/h7-8,11-13H,4-6,9-10,14H2,1-3H3. The topological polar surface area (TPSA) is 52.0 Å². The maximum Gasteiger partial charge on any atom is 0.154 e. The average Bonchev–Trinajstić information content (AvgIpc) is 2.88. The quantitative estimate of drug-likeness (QED) is 0.693. The van der Waals surface area contributed by atoms with E-state index < -0.39 is 9.84 Å². The lowest BCUT2D eigenvalue weighted by Gasteiger charge is -2.08. The number of hydrogen-bond acceptors (Lipinski definition) is 3. The molecule has 0 aliphatic rings. The molecule has 0 aliphatic heterocycles. The summed E-state index contributed by atoms with van der Waals surface area (Å²) in [6.07, 6.45) is 6.43. The maximum atomic E-state index is 12.3. The summed E-state index contributed by atoms with van der Waals surface area (Å²) in [5, 5.41) is 4.23. The molecule has 4 nitrogen and oxygen atoms in total. The molecule has 0 radical (unpaired) electrons. The van der Waals surface area contributed by atoms with Crippen LogP contribution in [-0.4, -0.2) is 24.0 Å². The van der Waals surface area contributed by atoms with Crippen LogP contribution in [-0.2, 0) is 22.1 Å². The van der Waals surface area contributed by atoms with E-state index in [9.17, 15) is 8.42 Å². The molecule has 0 saturated heterocycles. The van der Waals surface area contributed by atoms with Crippen LogP contribution >= 0.6 is 0 Å². The molecule has 0 fully saturated rings. The number of benzene rings is 1. The van der Waals surface area contributed by atoms with Crippen LogP contribution in [0.4, 0.5) is 0 Å². The molecule has 126 valence electrons. The number of hydrogen-bond donors (Lipinski definition) is 0. The molecule has 2 rings (SSSR count). The van der Waals surface area contributed by atoms with Gasteiger partial charge >= 0.3 is 0 Å². The second kappa shape index (κ2) is 7.77. The fourth-order valence-corrected chi connectivity index (χ4v) is 4.20. The molecule has 0 N–H and O–H groups in total. The smallest absolute Gasteiger partial charge is 0.154 e. The number of rotatable bonds is 8. The largest absolute Gasteiger partial charge is 0.272 e. The highest BCUT2D eigenvalue weighted by Crippen LogP contribution is 2.15. The van der Waals surface area contributed by atoms with Crippen molar-refractivity contribution in [3.05, 3.63) is 52.8 Å². The van der Waals surface area contributed by atoms with Crippen LogP contribution in [0.1, 0.15) is 41.5 Å². The zero-order valence-corrected chi connectivity index (χ0v) is 15.1. The molecule has 23 heavy (non-hydrogen) atoms. The minimum absolute atomic E-state index is 0.152. The fourth-order valence-electron chi connectivity index (χ4n) is 2.63. The van der Waals surface area contributed by atoms with Crippen molar-refractivity contribution in [2.24, 2.45) is 0 Å². The van der Waals surface area contributed by atoms with E-state index >= 15 is 0 Å². The number of aryl methyl sites for hydroxylation is 4. The first-order valence-electron chi connectivity index (χ1n) is 8.11.